The molecular weight excluding hydrogens is 348 g/mol. The molecule has 0 unspecified atom stereocenters. The number of amides is 1. The Bertz CT molecular complexity index is 842. The van der Waals surface area contributed by atoms with Crippen molar-refractivity contribution in [3.63, 3.8) is 0 Å². The summed E-state index contributed by atoms with van der Waals surface area (Å²) in [5, 5.41) is 15.1. The summed E-state index contributed by atoms with van der Waals surface area (Å²) in [7, 11) is 0. The first-order valence-electron chi connectivity index (χ1n) is 9.61. The van der Waals surface area contributed by atoms with Gasteiger partial charge in [0.25, 0.3) is 5.91 Å². The third-order valence-corrected chi connectivity index (χ3v) is 4.58. The fraction of sp³-hybridized carbons (Fsp3) is 0.304. The van der Waals surface area contributed by atoms with Crippen LogP contribution < -0.4 is 15.5 Å². The number of nitrogens with zero attached hydrogens (tertiary/aromatic N) is 2. The summed E-state index contributed by atoms with van der Waals surface area (Å²) in [6.07, 6.45) is 1.43. The second kappa shape index (κ2) is 10.2. The Morgan fingerprint density at radius 2 is 1.61 bits per heavy atom. The van der Waals surface area contributed by atoms with E-state index < -0.39 is 5.91 Å². The average molecular weight is 377 g/mol. The van der Waals surface area contributed by atoms with Crippen molar-refractivity contribution in [2.75, 3.05) is 28.6 Å². The van der Waals surface area contributed by atoms with Gasteiger partial charge in [-0.05, 0) is 61.7 Å². The van der Waals surface area contributed by atoms with Crippen LogP contribution >= 0.6 is 0 Å². The van der Waals surface area contributed by atoms with E-state index in [1.807, 2.05) is 54.6 Å². The van der Waals surface area contributed by atoms with Crippen LogP contribution in [0.15, 0.2) is 60.3 Å². The van der Waals surface area contributed by atoms with Crippen LogP contribution in [0.2, 0.25) is 0 Å². The number of hydrogen-bond donors (Lipinski definition) is 2. The van der Waals surface area contributed by atoms with E-state index in [1.54, 1.807) is 0 Å². The molecule has 28 heavy (non-hydrogen) atoms. The zero-order valence-corrected chi connectivity index (χ0v) is 17.0. The van der Waals surface area contributed by atoms with Gasteiger partial charge >= 0.3 is 0 Å². The number of hydrogen-bond acceptors (Lipinski definition) is 4. The van der Waals surface area contributed by atoms with Gasteiger partial charge in [0.05, 0.1) is 0 Å². The minimum absolute atomic E-state index is 0.0146. The smallest absolute Gasteiger partial charge is 0.267 e. The van der Waals surface area contributed by atoms with Crippen LogP contribution in [-0.4, -0.2) is 19.0 Å². The fourth-order valence-electron chi connectivity index (χ4n) is 2.81. The molecule has 0 aliphatic rings. The molecule has 0 heterocycles. The zero-order valence-electron chi connectivity index (χ0n) is 17.0. The SMILES string of the molecule is CCN(CC)c1ccc(N/C=C(/C#N)C(=O)Nc2ccc(C(C)C)cc2)cc1. The predicted octanol–water partition coefficient (Wildman–Crippen LogP) is 5.11. The molecule has 2 rings (SSSR count). The van der Waals surface area contributed by atoms with Gasteiger partial charge in [0.1, 0.15) is 11.6 Å². The molecule has 5 nitrogen and oxygen atoms in total. The molecule has 146 valence electrons. The van der Waals surface area contributed by atoms with Crippen molar-refractivity contribution < 1.29 is 4.79 Å². The van der Waals surface area contributed by atoms with Crippen molar-refractivity contribution in [1.29, 1.82) is 5.26 Å². The summed E-state index contributed by atoms with van der Waals surface area (Å²) >= 11 is 0. The third-order valence-electron chi connectivity index (χ3n) is 4.58. The maximum atomic E-state index is 12.4. The number of anilines is 3. The Balaban J connectivity index is 2.02. The van der Waals surface area contributed by atoms with E-state index in [-0.39, 0.29) is 5.57 Å². The van der Waals surface area contributed by atoms with E-state index in [2.05, 4.69) is 43.2 Å². The molecule has 5 heteroatoms. The van der Waals surface area contributed by atoms with Gasteiger partial charge in [0.2, 0.25) is 0 Å². The Morgan fingerprint density at radius 1 is 1.04 bits per heavy atom. The summed E-state index contributed by atoms with van der Waals surface area (Å²) in [5.41, 5.74) is 3.84. The molecule has 0 bridgehead atoms. The van der Waals surface area contributed by atoms with Crippen LogP contribution in [0.25, 0.3) is 0 Å². The molecule has 0 aliphatic carbocycles. The molecule has 0 fully saturated rings. The standard InChI is InChI=1S/C23H28N4O/c1-5-27(6-2)22-13-11-20(12-14-22)25-16-19(15-24)23(28)26-21-9-7-18(8-10-21)17(3)4/h7-14,16-17,25H,5-6H2,1-4H3,(H,26,28)/b19-16-. The molecule has 2 N–H and O–H groups in total. The molecule has 1 amide bonds. The number of rotatable bonds is 8. The lowest BCUT2D eigenvalue weighted by atomic mass is 10.0. The molecule has 0 saturated carbocycles. The van der Waals surface area contributed by atoms with Crippen molar-refractivity contribution in [3.8, 4) is 6.07 Å². The molecule has 0 spiro atoms. The highest BCUT2D eigenvalue weighted by Crippen LogP contribution is 2.19. The fourth-order valence-corrected chi connectivity index (χ4v) is 2.81. The second-order valence-corrected chi connectivity index (χ2v) is 6.76. The van der Waals surface area contributed by atoms with E-state index in [0.29, 0.717) is 11.6 Å². The number of benzene rings is 2. The van der Waals surface area contributed by atoms with Crippen molar-refractivity contribution in [1.82, 2.24) is 0 Å². The van der Waals surface area contributed by atoms with Crippen LogP contribution in [0.3, 0.4) is 0 Å². The van der Waals surface area contributed by atoms with Crippen LogP contribution in [-0.2, 0) is 4.79 Å². The Labute approximate surface area is 167 Å². The number of carbonyl (C=O) groups is 1. The summed E-state index contributed by atoms with van der Waals surface area (Å²) in [4.78, 5) is 14.6. The van der Waals surface area contributed by atoms with E-state index in [0.717, 1.165) is 24.5 Å². The van der Waals surface area contributed by atoms with Crippen LogP contribution in [0.1, 0.15) is 39.2 Å². The van der Waals surface area contributed by atoms with Crippen LogP contribution in [0.4, 0.5) is 17.1 Å². The summed E-state index contributed by atoms with van der Waals surface area (Å²) in [6.45, 7) is 10.4. The van der Waals surface area contributed by atoms with Gasteiger partial charge in [-0.2, -0.15) is 5.26 Å². The Kier molecular flexibility index (Phi) is 7.65. The first kappa shape index (κ1) is 21.0. The lowest BCUT2D eigenvalue weighted by Crippen LogP contribution is -2.21. The predicted molar refractivity (Wildman–Crippen MR) is 116 cm³/mol. The van der Waals surface area contributed by atoms with Gasteiger partial charge in [0.15, 0.2) is 0 Å². The van der Waals surface area contributed by atoms with Crippen molar-refractivity contribution >= 4 is 23.0 Å². The van der Waals surface area contributed by atoms with Crippen molar-refractivity contribution in [2.45, 2.75) is 33.6 Å². The van der Waals surface area contributed by atoms with Gasteiger partial charge in [-0.25, -0.2) is 0 Å². The average Bonchev–Trinajstić information content (AvgIpc) is 2.71. The molecule has 0 aromatic heterocycles. The largest absolute Gasteiger partial charge is 0.372 e. The maximum Gasteiger partial charge on any atom is 0.267 e. The van der Waals surface area contributed by atoms with Gasteiger partial charge in [-0.3, -0.25) is 4.79 Å². The third kappa shape index (κ3) is 5.62. The first-order chi connectivity index (χ1) is 13.5. The van der Waals surface area contributed by atoms with Crippen molar-refractivity contribution in [2.24, 2.45) is 0 Å². The summed E-state index contributed by atoms with van der Waals surface area (Å²) in [5.74, 6) is -0.0105. The van der Waals surface area contributed by atoms with Crippen LogP contribution in [0, 0.1) is 11.3 Å². The van der Waals surface area contributed by atoms with Gasteiger partial charge in [0, 0.05) is 36.4 Å². The van der Waals surface area contributed by atoms with Crippen LogP contribution in [0.5, 0.6) is 0 Å². The molecule has 0 aliphatic heterocycles. The Morgan fingerprint density at radius 3 is 2.11 bits per heavy atom. The molecule has 0 radical (unpaired) electrons. The monoisotopic (exact) mass is 376 g/mol. The molecule has 0 atom stereocenters. The first-order valence-corrected chi connectivity index (χ1v) is 9.61. The van der Waals surface area contributed by atoms with E-state index in [9.17, 15) is 10.1 Å². The molecule has 0 saturated heterocycles. The molecular formula is C23H28N4O. The Hall–Kier alpha value is -3.26. The summed E-state index contributed by atoms with van der Waals surface area (Å²) in [6, 6.07) is 17.5. The van der Waals surface area contributed by atoms with Crippen molar-refractivity contribution in [3.05, 3.63) is 65.9 Å². The maximum absolute atomic E-state index is 12.4. The highest BCUT2D eigenvalue weighted by atomic mass is 16.1. The number of nitrogens with one attached hydrogen (secondary N) is 2. The van der Waals surface area contributed by atoms with E-state index in [1.165, 1.54) is 11.8 Å². The molecule has 2 aromatic rings. The van der Waals surface area contributed by atoms with E-state index >= 15 is 0 Å². The zero-order chi connectivity index (χ0) is 20.5. The van der Waals surface area contributed by atoms with E-state index in [4.69, 9.17) is 0 Å². The van der Waals surface area contributed by atoms with Gasteiger partial charge < -0.3 is 15.5 Å². The second-order valence-electron chi connectivity index (χ2n) is 6.76. The minimum Gasteiger partial charge on any atom is -0.372 e. The normalized spacial score (nSPS) is 11.1. The molecule has 2 aromatic carbocycles. The van der Waals surface area contributed by atoms with Gasteiger partial charge in [-0.15, -0.1) is 0 Å². The highest BCUT2D eigenvalue weighted by molar-refractivity contribution is 6.06. The topological polar surface area (TPSA) is 68.2 Å². The summed E-state index contributed by atoms with van der Waals surface area (Å²) < 4.78 is 0. The number of nitriles is 1. The minimum atomic E-state index is -0.438. The van der Waals surface area contributed by atoms with Gasteiger partial charge in [-0.1, -0.05) is 26.0 Å². The number of carbonyl (C=O) groups excluding carboxylic acids is 1. The highest BCUT2D eigenvalue weighted by Gasteiger charge is 2.10. The lowest BCUT2D eigenvalue weighted by Gasteiger charge is -2.21. The lowest BCUT2D eigenvalue weighted by molar-refractivity contribution is -0.112. The quantitative estimate of drug-likeness (QED) is 0.496.